The van der Waals surface area contributed by atoms with Gasteiger partial charge in [-0.25, -0.2) is 4.39 Å². The van der Waals surface area contributed by atoms with Gasteiger partial charge in [0, 0.05) is 23.5 Å². The van der Waals surface area contributed by atoms with Crippen molar-refractivity contribution in [2.75, 3.05) is 19.3 Å². The molecule has 1 aliphatic carbocycles. The second-order valence-corrected chi connectivity index (χ2v) is 8.42. The number of thioether (sulfide) groups is 1. The Hall–Kier alpha value is -1.04. The molecule has 3 rings (SSSR count). The zero-order valence-electron chi connectivity index (χ0n) is 15.1. The fraction of sp³-hybridized carbons (Fsp3) is 0.600. The van der Waals surface area contributed by atoms with Crippen molar-refractivity contribution in [3.63, 3.8) is 0 Å². The first kappa shape index (κ1) is 18.7. The number of likely N-dealkylation sites (tertiary alicyclic amines) is 1. The third kappa shape index (κ3) is 4.57. The molecule has 138 valence electrons. The Morgan fingerprint density at radius 2 is 1.96 bits per heavy atom. The van der Waals surface area contributed by atoms with E-state index in [1.54, 1.807) is 6.07 Å². The second-order valence-electron chi connectivity index (χ2n) is 7.35. The van der Waals surface area contributed by atoms with Crippen molar-refractivity contribution in [3.05, 3.63) is 46.9 Å². The largest absolute Gasteiger partial charge is 0.401 e. The van der Waals surface area contributed by atoms with Gasteiger partial charge in [-0.1, -0.05) is 18.2 Å². The number of nitrogens with two attached hydrogens (primary N) is 2. The first-order chi connectivity index (χ1) is 12.1. The highest BCUT2D eigenvalue weighted by Crippen LogP contribution is 2.30. The maximum Gasteiger partial charge on any atom is 0.126 e. The van der Waals surface area contributed by atoms with Crippen LogP contribution in [0.5, 0.6) is 0 Å². The lowest BCUT2D eigenvalue weighted by atomic mass is 9.87. The van der Waals surface area contributed by atoms with Crippen LogP contribution in [0.25, 0.3) is 0 Å². The molecule has 5 heteroatoms. The van der Waals surface area contributed by atoms with E-state index in [2.05, 4.69) is 17.2 Å². The van der Waals surface area contributed by atoms with E-state index in [1.165, 1.54) is 6.42 Å². The Labute approximate surface area is 155 Å². The van der Waals surface area contributed by atoms with Crippen LogP contribution in [0.15, 0.2) is 30.0 Å². The van der Waals surface area contributed by atoms with Crippen molar-refractivity contribution >= 4 is 11.8 Å². The van der Waals surface area contributed by atoms with Crippen LogP contribution < -0.4 is 11.5 Å². The highest BCUT2D eigenvalue weighted by atomic mass is 32.2. The Kier molecular flexibility index (Phi) is 6.42. The van der Waals surface area contributed by atoms with Crippen molar-refractivity contribution in [1.29, 1.82) is 0 Å². The topological polar surface area (TPSA) is 55.3 Å². The van der Waals surface area contributed by atoms with E-state index in [0.717, 1.165) is 55.6 Å². The molecule has 0 amide bonds. The summed E-state index contributed by atoms with van der Waals surface area (Å²) in [5.74, 6) is 0.454. The molecule has 1 fully saturated rings. The summed E-state index contributed by atoms with van der Waals surface area (Å²) in [5.41, 5.74) is 14.6. The highest BCUT2D eigenvalue weighted by Gasteiger charge is 2.29. The fourth-order valence-corrected chi connectivity index (χ4v) is 4.81. The fourth-order valence-electron chi connectivity index (χ4n) is 4.14. The molecule has 2 aliphatic rings. The summed E-state index contributed by atoms with van der Waals surface area (Å²) in [6, 6.07) is 5.85. The predicted molar refractivity (Wildman–Crippen MR) is 105 cm³/mol. The third-order valence-electron chi connectivity index (χ3n) is 5.74. The van der Waals surface area contributed by atoms with Gasteiger partial charge < -0.3 is 11.5 Å². The molecule has 1 aromatic rings. The molecule has 3 nitrogen and oxygen atoms in total. The molecule has 0 aromatic heterocycles. The predicted octanol–water partition coefficient (Wildman–Crippen LogP) is 3.28. The van der Waals surface area contributed by atoms with Crippen LogP contribution >= 0.6 is 11.8 Å². The van der Waals surface area contributed by atoms with Gasteiger partial charge in [-0.05, 0) is 74.6 Å². The monoisotopic (exact) mass is 363 g/mol. The van der Waals surface area contributed by atoms with Crippen LogP contribution in [0.2, 0.25) is 0 Å². The van der Waals surface area contributed by atoms with Gasteiger partial charge in [0.1, 0.15) is 5.82 Å². The number of halogens is 1. The normalized spacial score (nSPS) is 25.8. The second kappa shape index (κ2) is 8.56. The van der Waals surface area contributed by atoms with Crippen LogP contribution in [0.4, 0.5) is 4.39 Å². The van der Waals surface area contributed by atoms with Crippen molar-refractivity contribution < 1.29 is 4.39 Å². The van der Waals surface area contributed by atoms with Gasteiger partial charge in [0.25, 0.3) is 0 Å². The maximum absolute atomic E-state index is 14.2. The first-order valence-electron chi connectivity index (χ1n) is 9.32. The van der Waals surface area contributed by atoms with Gasteiger partial charge in [0.05, 0.1) is 0 Å². The molecule has 2 unspecified atom stereocenters. The smallest absolute Gasteiger partial charge is 0.126 e. The summed E-state index contributed by atoms with van der Waals surface area (Å²) >= 11 is 1.89. The molecule has 0 radical (unpaired) electrons. The molecule has 0 bridgehead atoms. The Morgan fingerprint density at radius 1 is 1.20 bits per heavy atom. The van der Waals surface area contributed by atoms with Gasteiger partial charge in [-0.3, -0.25) is 4.90 Å². The van der Waals surface area contributed by atoms with Gasteiger partial charge in [-0.2, -0.15) is 11.8 Å². The van der Waals surface area contributed by atoms with E-state index in [1.807, 2.05) is 23.9 Å². The molecular weight excluding hydrogens is 333 g/mol. The number of piperidine rings is 1. The van der Waals surface area contributed by atoms with E-state index in [4.69, 9.17) is 11.5 Å². The minimum atomic E-state index is -0.104. The number of benzene rings is 1. The molecule has 1 saturated heterocycles. The Morgan fingerprint density at radius 3 is 2.56 bits per heavy atom. The van der Waals surface area contributed by atoms with Crippen molar-refractivity contribution in [3.8, 4) is 0 Å². The minimum absolute atomic E-state index is 0.104. The van der Waals surface area contributed by atoms with Crippen LogP contribution in [-0.2, 0) is 13.0 Å². The minimum Gasteiger partial charge on any atom is -0.401 e. The Bertz CT molecular complexity index is 611. The summed E-state index contributed by atoms with van der Waals surface area (Å²) in [6.07, 6.45) is 9.84. The summed E-state index contributed by atoms with van der Waals surface area (Å²) in [5, 5.41) is 0.577. The molecular formula is C20H30FN3S. The summed E-state index contributed by atoms with van der Waals surface area (Å²) in [6.45, 7) is 2.52. The number of nitrogens with zero attached hydrogens (tertiary/aromatic N) is 1. The number of hydrogen-bond donors (Lipinski definition) is 2. The molecule has 2 atom stereocenters. The summed E-state index contributed by atoms with van der Waals surface area (Å²) in [7, 11) is 0. The lowest BCUT2D eigenvalue weighted by Gasteiger charge is -2.40. The van der Waals surface area contributed by atoms with E-state index in [9.17, 15) is 4.39 Å². The van der Waals surface area contributed by atoms with Crippen LogP contribution in [0.1, 0.15) is 36.8 Å². The number of hydrogen-bond acceptors (Lipinski definition) is 4. The lowest BCUT2D eigenvalue weighted by Crippen LogP contribution is -2.46. The zero-order valence-corrected chi connectivity index (χ0v) is 15.9. The quantitative estimate of drug-likeness (QED) is 0.843. The van der Waals surface area contributed by atoms with Crippen molar-refractivity contribution in [2.45, 2.75) is 49.9 Å². The van der Waals surface area contributed by atoms with Gasteiger partial charge in [0.2, 0.25) is 0 Å². The molecule has 0 saturated carbocycles. The van der Waals surface area contributed by atoms with Crippen LogP contribution in [0, 0.1) is 11.7 Å². The molecule has 1 aliphatic heterocycles. The number of rotatable bonds is 5. The van der Waals surface area contributed by atoms with Crippen molar-refractivity contribution in [2.24, 2.45) is 17.4 Å². The maximum atomic E-state index is 14.2. The molecule has 0 spiro atoms. The average Bonchev–Trinajstić information content (AvgIpc) is 2.64. The zero-order chi connectivity index (χ0) is 17.8. The van der Waals surface area contributed by atoms with Gasteiger partial charge >= 0.3 is 0 Å². The average molecular weight is 364 g/mol. The molecule has 1 heterocycles. The molecule has 1 aromatic carbocycles. The standard InChI is InChI=1S/C20H30FN3S/c1-25-17-4-5-20(19(23)12-17)24-8-6-14(7-9-24)10-16-3-2-15(13-22)11-18(16)21/h2-3,11-12,14,17,20H,4-10,13,22-23H2,1H3. The third-order valence-corrected chi connectivity index (χ3v) is 6.72. The summed E-state index contributed by atoms with van der Waals surface area (Å²) < 4.78 is 14.2. The van der Waals surface area contributed by atoms with Gasteiger partial charge in [0.15, 0.2) is 0 Å². The van der Waals surface area contributed by atoms with Crippen molar-refractivity contribution in [1.82, 2.24) is 4.90 Å². The Balaban J connectivity index is 1.54. The van der Waals surface area contributed by atoms with E-state index < -0.39 is 0 Å². The van der Waals surface area contributed by atoms with Crippen LogP contribution in [-0.4, -0.2) is 35.5 Å². The van der Waals surface area contributed by atoms with E-state index in [-0.39, 0.29) is 5.82 Å². The van der Waals surface area contributed by atoms with E-state index >= 15 is 0 Å². The summed E-state index contributed by atoms with van der Waals surface area (Å²) in [4.78, 5) is 2.53. The van der Waals surface area contributed by atoms with Gasteiger partial charge in [-0.15, -0.1) is 0 Å². The highest BCUT2D eigenvalue weighted by molar-refractivity contribution is 7.99. The molecule has 4 N–H and O–H groups in total. The first-order valence-corrected chi connectivity index (χ1v) is 10.6. The van der Waals surface area contributed by atoms with E-state index in [0.29, 0.717) is 23.8 Å². The SMILES string of the molecule is CSC1C=C(N)C(N2CCC(Cc3ccc(CN)cc3F)CC2)CC1. The molecule has 25 heavy (non-hydrogen) atoms. The van der Waals surface area contributed by atoms with Crippen LogP contribution in [0.3, 0.4) is 0 Å². The lowest BCUT2D eigenvalue weighted by molar-refractivity contribution is 0.138.